The van der Waals surface area contributed by atoms with Crippen molar-refractivity contribution in [3.05, 3.63) is 80.2 Å². The lowest BCUT2D eigenvalue weighted by atomic mass is 10.0. The summed E-state index contributed by atoms with van der Waals surface area (Å²) < 4.78 is 0. The van der Waals surface area contributed by atoms with Crippen LogP contribution >= 0.6 is 22.7 Å². The van der Waals surface area contributed by atoms with E-state index in [9.17, 15) is 9.59 Å². The van der Waals surface area contributed by atoms with Gasteiger partial charge in [-0.3, -0.25) is 9.59 Å². The maximum Gasteiger partial charge on any atom is 0.242 e. The van der Waals surface area contributed by atoms with E-state index in [4.69, 9.17) is 0 Å². The summed E-state index contributed by atoms with van der Waals surface area (Å²) in [5.41, 5.74) is 0.637. The second-order valence-corrected chi connectivity index (χ2v) is 11.1. The van der Waals surface area contributed by atoms with Gasteiger partial charge in [0.2, 0.25) is 11.8 Å². The standard InChI is InChI=1S/C25H30N2O2S2/c1-19-12-13-22(31-19)17-26(16-20-9-6-5-7-10-20)24(29)18-27(25(2,3)4)23(28)15-21-11-8-14-30-21/h5-14H,15-18H2,1-4H3. The van der Waals surface area contributed by atoms with Crippen LogP contribution in [0.3, 0.4) is 0 Å². The number of hydrogen-bond donors (Lipinski definition) is 0. The van der Waals surface area contributed by atoms with Crippen molar-refractivity contribution in [2.75, 3.05) is 6.54 Å². The Hall–Kier alpha value is -2.44. The molecule has 4 nitrogen and oxygen atoms in total. The van der Waals surface area contributed by atoms with Gasteiger partial charge in [-0.25, -0.2) is 0 Å². The maximum atomic E-state index is 13.5. The minimum Gasteiger partial charge on any atom is -0.332 e. The molecule has 0 unspecified atom stereocenters. The number of nitrogens with zero attached hydrogens (tertiary/aromatic N) is 2. The number of amides is 2. The Morgan fingerprint density at radius 3 is 2.19 bits per heavy atom. The predicted molar refractivity (Wildman–Crippen MR) is 129 cm³/mol. The molecule has 2 amide bonds. The van der Waals surface area contributed by atoms with Gasteiger partial charge in [0.15, 0.2) is 0 Å². The van der Waals surface area contributed by atoms with Gasteiger partial charge < -0.3 is 9.80 Å². The average molecular weight is 455 g/mol. The molecule has 1 aromatic carbocycles. The van der Waals surface area contributed by atoms with Crippen LogP contribution in [-0.4, -0.2) is 33.7 Å². The van der Waals surface area contributed by atoms with Crippen LogP contribution in [0.5, 0.6) is 0 Å². The normalized spacial score (nSPS) is 11.4. The smallest absolute Gasteiger partial charge is 0.242 e. The zero-order valence-electron chi connectivity index (χ0n) is 18.6. The van der Waals surface area contributed by atoms with Crippen molar-refractivity contribution >= 4 is 34.5 Å². The van der Waals surface area contributed by atoms with E-state index in [2.05, 4.69) is 19.1 Å². The average Bonchev–Trinajstić information content (AvgIpc) is 3.37. The van der Waals surface area contributed by atoms with E-state index in [1.807, 2.05) is 73.5 Å². The summed E-state index contributed by atoms with van der Waals surface area (Å²) >= 11 is 3.27. The summed E-state index contributed by atoms with van der Waals surface area (Å²) in [6.07, 6.45) is 0.324. The summed E-state index contributed by atoms with van der Waals surface area (Å²) in [5, 5.41) is 1.97. The lowest BCUT2D eigenvalue weighted by molar-refractivity contribution is -0.145. The van der Waals surface area contributed by atoms with E-state index in [1.54, 1.807) is 27.6 Å². The molecule has 0 spiro atoms. The number of carbonyl (C=O) groups excluding carboxylic acids is 2. The quantitative estimate of drug-likeness (QED) is 0.450. The second kappa shape index (κ2) is 10.2. The molecule has 0 atom stereocenters. The molecular formula is C25H30N2O2S2. The first-order valence-electron chi connectivity index (χ1n) is 10.4. The van der Waals surface area contributed by atoms with Crippen LogP contribution in [0, 0.1) is 6.92 Å². The van der Waals surface area contributed by atoms with Gasteiger partial charge in [-0.2, -0.15) is 0 Å². The third kappa shape index (κ3) is 6.77. The third-order valence-corrected chi connectivity index (χ3v) is 6.88. The fraction of sp³-hybridized carbons (Fsp3) is 0.360. The molecule has 6 heteroatoms. The largest absolute Gasteiger partial charge is 0.332 e. The Balaban J connectivity index is 1.79. The van der Waals surface area contributed by atoms with E-state index in [-0.39, 0.29) is 18.4 Å². The lowest BCUT2D eigenvalue weighted by Crippen LogP contribution is -2.51. The second-order valence-electron chi connectivity index (χ2n) is 8.65. The molecule has 3 aromatic rings. The van der Waals surface area contributed by atoms with Crippen LogP contribution in [-0.2, 0) is 29.1 Å². The SMILES string of the molecule is Cc1ccc(CN(Cc2ccccc2)C(=O)CN(C(=O)Cc2cccs2)C(C)(C)C)s1. The molecule has 31 heavy (non-hydrogen) atoms. The van der Waals surface area contributed by atoms with Crippen LogP contribution in [0.1, 0.15) is 41.0 Å². The van der Waals surface area contributed by atoms with Crippen LogP contribution in [0.25, 0.3) is 0 Å². The molecule has 2 aromatic heterocycles. The molecule has 0 aliphatic rings. The minimum absolute atomic E-state index is 0.0186. The third-order valence-electron chi connectivity index (χ3n) is 5.02. The molecular weight excluding hydrogens is 424 g/mol. The molecule has 0 N–H and O–H groups in total. The Morgan fingerprint density at radius 2 is 1.61 bits per heavy atom. The summed E-state index contributed by atoms with van der Waals surface area (Å²) in [5.74, 6) is -0.0562. The Kier molecular flexibility index (Phi) is 7.68. The van der Waals surface area contributed by atoms with E-state index in [1.165, 1.54) is 4.88 Å². The van der Waals surface area contributed by atoms with Crippen molar-refractivity contribution in [3.8, 4) is 0 Å². The summed E-state index contributed by atoms with van der Waals surface area (Å²) in [7, 11) is 0. The van der Waals surface area contributed by atoms with Gasteiger partial charge >= 0.3 is 0 Å². The number of aryl methyl sites for hydroxylation is 1. The van der Waals surface area contributed by atoms with Crippen LogP contribution in [0.15, 0.2) is 60.0 Å². The van der Waals surface area contributed by atoms with Gasteiger partial charge in [0.1, 0.15) is 6.54 Å². The van der Waals surface area contributed by atoms with Gasteiger partial charge in [-0.1, -0.05) is 36.4 Å². The molecule has 2 heterocycles. The van der Waals surface area contributed by atoms with Crippen LogP contribution in [0.2, 0.25) is 0 Å². The van der Waals surface area contributed by atoms with Crippen molar-refractivity contribution in [2.24, 2.45) is 0 Å². The highest BCUT2D eigenvalue weighted by molar-refractivity contribution is 7.11. The molecule has 0 saturated heterocycles. The Bertz CT molecular complexity index is 988. The highest BCUT2D eigenvalue weighted by Crippen LogP contribution is 2.21. The summed E-state index contributed by atoms with van der Waals surface area (Å²) in [4.78, 5) is 33.5. The molecule has 164 valence electrons. The predicted octanol–water partition coefficient (Wildman–Crippen LogP) is 5.52. The van der Waals surface area contributed by atoms with Crippen molar-refractivity contribution in [3.63, 3.8) is 0 Å². The van der Waals surface area contributed by atoms with Gasteiger partial charge in [-0.15, -0.1) is 22.7 Å². The topological polar surface area (TPSA) is 40.6 Å². The van der Waals surface area contributed by atoms with E-state index >= 15 is 0 Å². The molecule has 0 aliphatic heterocycles. The molecule has 3 rings (SSSR count). The number of benzene rings is 1. The van der Waals surface area contributed by atoms with E-state index < -0.39 is 5.54 Å². The van der Waals surface area contributed by atoms with Gasteiger partial charge in [0.05, 0.1) is 13.0 Å². The summed E-state index contributed by atoms with van der Waals surface area (Å²) in [6, 6.07) is 18.1. The minimum atomic E-state index is -0.443. The molecule has 0 bridgehead atoms. The first-order chi connectivity index (χ1) is 14.7. The first-order valence-corrected chi connectivity index (χ1v) is 12.1. The van der Waals surface area contributed by atoms with E-state index in [0.29, 0.717) is 19.5 Å². The van der Waals surface area contributed by atoms with Gasteiger partial charge in [-0.05, 0) is 56.8 Å². The van der Waals surface area contributed by atoms with E-state index in [0.717, 1.165) is 15.3 Å². The molecule has 0 saturated carbocycles. The Labute approximate surface area is 193 Å². The number of carbonyl (C=O) groups is 2. The molecule has 0 radical (unpaired) electrons. The van der Waals surface area contributed by atoms with Crippen LogP contribution in [0.4, 0.5) is 0 Å². The summed E-state index contributed by atoms with van der Waals surface area (Å²) in [6.45, 7) is 9.16. The monoisotopic (exact) mass is 454 g/mol. The van der Waals surface area contributed by atoms with Crippen LogP contribution < -0.4 is 0 Å². The Morgan fingerprint density at radius 1 is 0.871 bits per heavy atom. The van der Waals surface area contributed by atoms with Crippen molar-refractivity contribution in [1.29, 1.82) is 0 Å². The first kappa shape index (κ1) is 23.2. The zero-order chi connectivity index (χ0) is 22.4. The number of rotatable bonds is 8. The lowest BCUT2D eigenvalue weighted by Gasteiger charge is -2.37. The fourth-order valence-corrected chi connectivity index (χ4v) is 4.99. The fourth-order valence-electron chi connectivity index (χ4n) is 3.39. The van der Waals surface area contributed by atoms with Gasteiger partial charge in [0.25, 0.3) is 0 Å². The van der Waals surface area contributed by atoms with Crippen molar-refractivity contribution in [1.82, 2.24) is 9.80 Å². The zero-order valence-corrected chi connectivity index (χ0v) is 20.3. The highest BCUT2D eigenvalue weighted by atomic mass is 32.1. The molecule has 0 aliphatic carbocycles. The number of thiophene rings is 2. The number of hydrogen-bond acceptors (Lipinski definition) is 4. The maximum absolute atomic E-state index is 13.5. The van der Waals surface area contributed by atoms with Crippen molar-refractivity contribution < 1.29 is 9.59 Å². The van der Waals surface area contributed by atoms with Crippen molar-refractivity contribution in [2.45, 2.75) is 52.7 Å². The molecule has 0 fully saturated rings. The highest BCUT2D eigenvalue weighted by Gasteiger charge is 2.30. The van der Waals surface area contributed by atoms with Gasteiger partial charge in [0, 0.05) is 26.7 Å².